The summed E-state index contributed by atoms with van der Waals surface area (Å²) in [5.74, 6) is -0.0223. The second kappa shape index (κ2) is 12.6. The first-order chi connectivity index (χ1) is 18.7. The number of primary amides is 1. The lowest BCUT2D eigenvalue weighted by atomic mass is 9.75. The fraction of sp³-hybridized carbons (Fsp3) is 0.500. The number of unbranched alkanes of at least 4 members (excludes halogenated alkanes) is 1. The first-order valence-electron chi connectivity index (χ1n) is 13.6. The number of nitrogens with two attached hydrogens (primary N) is 1. The van der Waals surface area contributed by atoms with E-state index in [9.17, 15) is 9.90 Å². The Balaban J connectivity index is 1.60. The molecule has 1 amide bonds. The standard InChI is InChI=1S/C30H40N4O4S/c1-5-6-10-23-18-22-9-7-8-11-24(22)29(33-23)38-17-15-34(2,3)30(14-16-37-26(27(30)35)28(31)36)19-21-12-13-25(39-4)32-20-21/h7-9,11-13,18,20,26-27,35H,5-6,10,14-17,19H2,1-4H3,(H-,31,36)/p+1/t26?,27-,30+/m0/s1. The summed E-state index contributed by atoms with van der Waals surface area (Å²) in [6.07, 6.45) is 5.84. The molecule has 0 spiro atoms. The lowest BCUT2D eigenvalue weighted by Crippen LogP contribution is -2.73. The van der Waals surface area contributed by atoms with Gasteiger partial charge in [-0.15, -0.1) is 11.8 Å². The molecule has 0 saturated carbocycles. The highest BCUT2D eigenvalue weighted by atomic mass is 32.2. The third-order valence-corrected chi connectivity index (χ3v) is 8.77. The topological polar surface area (TPSA) is 108 Å². The van der Waals surface area contributed by atoms with Crippen molar-refractivity contribution >= 4 is 28.4 Å². The van der Waals surface area contributed by atoms with Crippen LogP contribution in [-0.4, -0.2) is 83.3 Å². The van der Waals surface area contributed by atoms with Crippen LogP contribution in [0.3, 0.4) is 0 Å². The number of quaternary nitrogens is 1. The zero-order valence-corrected chi connectivity index (χ0v) is 24.2. The van der Waals surface area contributed by atoms with Crippen molar-refractivity contribution in [2.45, 2.75) is 61.8 Å². The highest BCUT2D eigenvalue weighted by molar-refractivity contribution is 7.98. The molecule has 1 unspecified atom stereocenters. The number of aromatic nitrogens is 2. The van der Waals surface area contributed by atoms with Crippen molar-refractivity contribution < 1.29 is 23.9 Å². The average molecular weight is 554 g/mol. The number of hydrogen-bond donors (Lipinski definition) is 2. The fourth-order valence-electron chi connectivity index (χ4n) is 5.59. The summed E-state index contributed by atoms with van der Waals surface area (Å²) in [6.45, 7) is 3.47. The number of carbonyl (C=O) groups excluding carboxylic acids is 1. The number of amides is 1. The molecule has 0 aliphatic carbocycles. The van der Waals surface area contributed by atoms with Gasteiger partial charge in [-0.2, -0.15) is 0 Å². The third-order valence-electron chi connectivity index (χ3n) is 8.11. The Kier molecular flexibility index (Phi) is 9.48. The van der Waals surface area contributed by atoms with Gasteiger partial charge >= 0.3 is 0 Å². The second-order valence-corrected chi connectivity index (χ2v) is 11.7. The molecule has 9 heteroatoms. The molecule has 3 heterocycles. The van der Waals surface area contributed by atoms with E-state index in [1.165, 1.54) is 0 Å². The van der Waals surface area contributed by atoms with Crippen LogP contribution in [-0.2, 0) is 22.4 Å². The lowest BCUT2D eigenvalue weighted by molar-refractivity contribution is -0.948. The number of hydrogen-bond acceptors (Lipinski definition) is 7. The summed E-state index contributed by atoms with van der Waals surface area (Å²) < 4.78 is 12.4. The van der Waals surface area contributed by atoms with E-state index >= 15 is 0 Å². The van der Waals surface area contributed by atoms with Gasteiger partial charge in [0.15, 0.2) is 6.10 Å². The van der Waals surface area contributed by atoms with Crippen molar-refractivity contribution in [3.8, 4) is 5.88 Å². The minimum absolute atomic E-state index is 0.329. The minimum Gasteiger partial charge on any atom is -0.471 e. The maximum Gasteiger partial charge on any atom is 0.249 e. The van der Waals surface area contributed by atoms with Gasteiger partial charge in [0.1, 0.15) is 24.8 Å². The number of aliphatic hydroxyl groups is 1. The molecule has 1 fully saturated rings. The number of benzene rings is 1. The van der Waals surface area contributed by atoms with E-state index in [1.807, 2.05) is 42.8 Å². The van der Waals surface area contributed by atoms with Crippen LogP contribution in [0.4, 0.5) is 0 Å². The molecule has 210 valence electrons. The molecule has 3 atom stereocenters. The van der Waals surface area contributed by atoms with Gasteiger partial charge in [-0.1, -0.05) is 37.6 Å². The monoisotopic (exact) mass is 553 g/mol. The van der Waals surface area contributed by atoms with Crippen LogP contribution >= 0.6 is 11.8 Å². The number of pyridine rings is 2. The molecule has 1 saturated heterocycles. The predicted octanol–water partition coefficient (Wildman–Crippen LogP) is 3.77. The van der Waals surface area contributed by atoms with Gasteiger partial charge in [-0.05, 0) is 48.2 Å². The SMILES string of the molecule is CCCCc1cc2ccccc2c(OCC[N+](C)(C)[C@@]2(Cc3ccc(SC)nc3)CCOC(C(N)=O)[C@@H]2O)n1. The summed E-state index contributed by atoms with van der Waals surface area (Å²) in [7, 11) is 4.14. The van der Waals surface area contributed by atoms with E-state index in [0.29, 0.717) is 43.0 Å². The third kappa shape index (κ3) is 6.38. The molecular weight excluding hydrogens is 512 g/mol. The molecule has 3 N–H and O–H groups in total. The number of ether oxygens (including phenoxy) is 2. The van der Waals surface area contributed by atoms with E-state index in [0.717, 1.165) is 46.3 Å². The maximum absolute atomic E-state index is 12.2. The second-order valence-electron chi connectivity index (χ2n) is 10.9. The van der Waals surface area contributed by atoms with E-state index in [1.54, 1.807) is 11.8 Å². The molecule has 1 aliphatic rings. The Hall–Kier alpha value is -2.72. The number of carbonyl (C=O) groups is 1. The summed E-state index contributed by atoms with van der Waals surface area (Å²) in [4.78, 5) is 21.6. The number of thioether (sulfide) groups is 1. The van der Waals surface area contributed by atoms with E-state index in [4.69, 9.17) is 20.2 Å². The zero-order valence-electron chi connectivity index (χ0n) is 23.4. The molecule has 2 aromatic heterocycles. The normalized spacial score (nSPS) is 21.7. The zero-order chi connectivity index (χ0) is 28.0. The smallest absolute Gasteiger partial charge is 0.249 e. The Bertz CT molecular complexity index is 1270. The summed E-state index contributed by atoms with van der Waals surface area (Å²) >= 11 is 1.58. The summed E-state index contributed by atoms with van der Waals surface area (Å²) in [5.41, 5.74) is 6.93. The fourth-order valence-corrected chi connectivity index (χ4v) is 5.95. The number of fused-ring (bicyclic) bond motifs is 1. The molecule has 1 aromatic carbocycles. The number of aryl methyl sites for hydroxylation is 1. The van der Waals surface area contributed by atoms with Gasteiger partial charge in [0, 0.05) is 30.1 Å². The largest absolute Gasteiger partial charge is 0.471 e. The van der Waals surface area contributed by atoms with Gasteiger partial charge in [-0.25, -0.2) is 9.97 Å². The van der Waals surface area contributed by atoms with Crippen LogP contribution in [0.2, 0.25) is 0 Å². The minimum atomic E-state index is -1.09. The highest BCUT2D eigenvalue weighted by Crippen LogP contribution is 2.38. The van der Waals surface area contributed by atoms with Crippen LogP contribution in [0.1, 0.15) is 37.4 Å². The number of aliphatic hydroxyl groups excluding tert-OH is 1. The van der Waals surface area contributed by atoms with E-state index in [2.05, 4.69) is 38.1 Å². The predicted molar refractivity (Wildman–Crippen MR) is 155 cm³/mol. The van der Waals surface area contributed by atoms with Crippen LogP contribution in [0.5, 0.6) is 5.88 Å². The highest BCUT2D eigenvalue weighted by Gasteiger charge is 2.57. The molecule has 1 aliphatic heterocycles. The van der Waals surface area contributed by atoms with Crippen LogP contribution in [0.25, 0.3) is 10.8 Å². The van der Waals surface area contributed by atoms with Crippen LogP contribution in [0, 0.1) is 0 Å². The molecule has 0 radical (unpaired) electrons. The Morgan fingerprint density at radius 2 is 2.08 bits per heavy atom. The van der Waals surface area contributed by atoms with Gasteiger partial charge in [0.2, 0.25) is 11.8 Å². The molecular formula is C30H41N4O4S+. The molecule has 39 heavy (non-hydrogen) atoms. The molecule has 4 rings (SSSR count). The molecule has 0 bridgehead atoms. The summed E-state index contributed by atoms with van der Waals surface area (Å²) in [6, 6.07) is 14.3. The van der Waals surface area contributed by atoms with Crippen molar-refractivity contribution in [1.82, 2.24) is 9.97 Å². The van der Waals surface area contributed by atoms with Crippen molar-refractivity contribution in [3.63, 3.8) is 0 Å². The van der Waals surface area contributed by atoms with E-state index in [-0.39, 0.29) is 0 Å². The maximum atomic E-state index is 12.2. The quantitative estimate of drug-likeness (QED) is 0.260. The Labute approximate surface area is 235 Å². The van der Waals surface area contributed by atoms with Gasteiger partial charge in [-0.3, -0.25) is 4.79 Å². The van der Waals surface area contributed by atoms with Gasteiger partial charge in [0.25, 0.3) is 0 Å². The van der Waals surface area contributed by atoms with E-state index < -0.39 is 23.7 Å². The summed E-state index contributed by atoms with van der Waals surface area (Å²) in [5, 5.41) is 14.6. The first kappa shape index (κ1) is 29.3. The number of nitrogens with zero attached hydrogens (tertiary/aromatic N) is 3. The van der Waals surface area contributed by atoms with Crippen molar-refractivity contribution in [1.29, 1.82) is 0 Å². The van der Waals surface area contributed by atoms with Crippen molar-refractivity contribution in [2.24, 2.45) is 5.73 Å². The van der Waals surface area contributed by atoms with Crippen molar-refractivity contribution in [2.75, 3.05) is 40.1 Å². The lowest BCUT2D eigenvalue weighted by Gasteiger charge is -2.54. The van der Waals surface area contributed by atoms with Crippen LogP contribution < -0.4 is 10.5 Å². The Morgan fingerprint density at radius 1 is 1.28 bits per heavy atom. The van der Waals surface area contributed by atoms with Crippen LogP contribution in [0.15, 0.2) is 53.7 Å². The first-order valence-corrected chi connectivity index (χ1v) is 14.9. The number of rotatable bonds is 12. The Morgan fingerprint density at radius 3 is 2.77 bits per heavy atom. The molecule has 8 nitrogen and oxygen atoms in total. The average Bonchev–Trinajstić information content (AvgIpc) is 2.93. The van der Waals surface area contributed by atoms with Gasteiger partial charge in [0.05, 0.1) is 25.7 Å². The van der Waals surface area contributed by atoms with Crippen molar-refractivity contribution in [3.05, 3.63) is 59.9 Å². The number of likely N-dealkylation sites (N-methyl/N-ethyl adjacent to an activating group) is 1. The van der Waals surface area contributed by atoms with Gasteiger partial charge < -0.3 is 24.8 Å². The molecule has 3 aromatic rings.